The average Bonchev–Trinajstić information content (AvgIpc) is 3.04. The lowest BCUT2D eigenvalue weighted by Gasteiger charge is -2.10. The third-order valence-corrected chi connectivity index (χ3v) is 4.99. The van der Waals surface area contributed by atoms with E-state index in [2.05, 4.69) is 15.3 Å². The monoisotopic (exact) mass is 305 g/mol. The zero-order chi connectivity index (χ0) is 15.0. The van der Waals surface area contributed by atoms with E-state index in [1.165, 1.54) is 11.3 Å². The number of rotatable bonds is 3. The lowest BCUT2D eigenvalue weighted by molar-refractivity contribution is 0.0860. The minimum Gasteiger partial charge on any atom is -0.376 e. The van der Waals surface area contributed by atoms with Gasteiger partial charge in [0, 0.05) is 24.2 Å². The predicted molar refractivity (Wildman–Crippen MR) is 82.9 cm³/mol. The fraction of sp³-hybridized carbons (Fsp3) is 0.533. The number of amides is 1. The molecule has 0 spiro atoms. The fourth-order valence-corrected chi connectivity index (χ4v) is 3.98. The van der Waals surface area contributed by atoms with Crippen molar-refractivity contribution in [1.82, 2.24) is 15.3 Å². The van der Waals surface area contributed by atoms with Gasteiger partial charge < -0.3 is 10.1 Å². The van der Waals surface area contributed by atoms with Crippen LogP contribution < -0.4 is 5.32 Å². The maximum absolute atomic E-state index is 12.4. The molecule has 112 valence electrons. The molecule has 2 aromatic heterocycles. The predicted octanol–water partition coefficient (Wildman–Crippen LogP) is 2.53. The van der Waals surface area contributed by atoms with Gasteiger partial charge in [0.15, 0.2) is 0 Å². The highest BCUT2D eigenvalue weighted by molar-refractivity contribution is 7.20. The van der Waals surface area contributed by atoms with E-state index >= 15 is 0 Å². The van der Waals surface area contributed by atoms with E-state index in [4.69, 9.17) is 4.74 Å². The summed E-state index contributed by atoms with van der Waals surface area (Å²) in [5, 5.41) is 3.98. The Morgan fingerprint density at radius 2 is 2.19 bits per heavy atom. The van der Waals surface area contributed by atoms with E-state index in [0.29, 0.717) is 6.54 Å². The SMILES string of the molecule is Cc1nc(C)c2c(C)c(C(=O)NCC3CCCO3)sc2n1. The van der Waals surface area contributed by atoms with Gasteiger partial charge in [0.05, 0.1) is 11.0 Å². The lowest BCUT2D eigenvalue weighted by Crippen LogP contribution is -2.31. The van der Waals surface area contributed by atoms with Crippen molar-refractivity contribution in [3.8, 4) is 0 Å². The van der Waals surface area contributed by atoms with Crippen molar-refractivity contribution in [2.24, 2.45) is 0 Å². The minimum absolute atomic E-state index is 0.0388. The zero-order valence-electron chi connectivity index (χ0n) is 12.5. The molecule has 1 saturated heterocycles. The molecule has 3 rings (SSSR count). The van der Waals surface area contributed by atoms with Crippen LogP contribution in [0.2, 0.25) is 0 Å². The fourth-order valence-electron chi connectivity index (χ4n) is 2.78. The number of aromatic nitrogens is 2. The molecule has 21 heavy (non-hydrogen) atoms. The van der Waals surface area contributed by atoms with Crippen LogP contribution in [-0.2, 0) is 4.74 Å². The Labute approximate surface area is 127 Å². The molecule has 6 heteroatoms. The van der Waals surface area contributed by atoms with Gasteiger partial charge in [0.2, 0.25) is 0 Å². The number of carbonyl (C=O) groups is 1. The van der Waals surface area contributed by atoms with Crippen LogP contribution in [0.15, 0.2) is 0 Å². The number of nitrogens with zero attached hydrogens (tertiary/aromatic N) is 2. The van der Waals surface area contributed by atoms with Crippen LogP contribution in [0.5, 0.6) is 0 Å². The van der Waals surface area contributed by atoms with Gasteiger partial charge in [0.25, 0.3) is 5.91 Å². The minimum atomic E-state index is -0.0388. The van der Waals surface area contributed by atoms with Gasteiger partial charge in [-0.2, -0.15) is 0 Å². The standard InChI is InChI=1S/C15H19N3O2S/c1-8-12-9(2)17-10(3)18-15(12)21-13(8)14(19)16-7-11-5-4-6-20-11/h11H,4-7H2,1-3H3,(H,16,19). The van der Waals surface area contributed by atoms with Crippen molar-refractivity contribution < 1.29 is 9.53 Å². The third kappa shape index (κ3) is 2.78. The Morgan fingerprint density at radius 1 is 1.38 bits per heavy atom. The van der Waals surface area contributed by atoms with Crippen molar-refractivity contribution in [2.45, 2.75) is 39.7 Å². The second-order valence-electron chi connectivity index (χ2n) is 5.44. The van der Waals surface area contributed by atoms with E-state index in [9.17, 15) is 4.79 Å². The molecule has 5 nitrogen and oxygen atoms in total. The highest BCUT2D eigenvalue weighted by Crippen LogP contribution is 2.31. The Morgan fingerprint density at radius 3 is 2.90 bits per heavy atom. The molecule has 3 heterocycles. The molecule has 1 aliphatic heterocycles. The molecule has 1 amide bonds. The van der Waals surface area contributed by atoms with Gasteiger partial charge in [-0.3, -0.25) is 4.79 Å². The highest BCUT2D eigenvalue weighted by atomic mass is 32.1. The molecule has 0 aliphatic carbocycles. The number of hydrogen-bond donors (Lipinski definition) is 1. The topological polar surface area (TPSA) is 64.1 Å². The first-order valence-corrected chi connectivity index (χ1v) is 8.02. The Hall–Kier alpha value is -1.53. The number of ether oxygens (including phenoxy) is 1. The first-order valence-electron chi connectivity index (χ1n) is 7.20. The van der Waals surface area contributed by atoms with Gasteiger partial charge in [-0.05, 0) is 39.2 Å². The van der Waals surface area contributed by atoms with Gasteiger partial charge >= 0.3 is 0 Å². The van der Waals surface area contributed by atoms with Crippen molar-refractivity contribution >= 4 is 27.5 Å². The molecule has 0 saturated carbocycles. The van der Waals surface area contributed by atoms with Crippen LogP contribution in [0, 0.1) is 20.8 Å². The van der Waals surface area contributed by atoms with Crippen LogP contribution in [0.3, 0.4) is 0 Å². The number of thiophene rings is 1. The third-order valence-electron chi connectivity index (χ3n) is 3.80. The summed E-state index contributed by atoms with van der Waals surface area (Å²) in [5.41, 5.74) is 1.90. The number of aryl methyl sites for hydroxylation is 3. The molecule has 1 N–H and O–H groups in total. The summed E-state index contributed by atoms with van der Waals surface area (Å²) in [7, 11) is 0. The van der Waals surface area contributed by atoms with Crippen LogP contribution in [0.25, 0.3) is 10.2 Å². The van der Waals surface area contributed by atoms with Crippen LogP contribution in [0.4, 0.5) is 0 Å². The van der Waals surface area contributed by atoms with E-state index in [-0.39, 0.29) is 12.0 Å². The molecule has 0 aromatic carbocycles. The van der Waals surface area contributed by atoms with E-state index in [1.807, 2.05) is 20.8 Å². The highest BCUT2D eigenvalue weighted by Gasteiger charge is 2.21. The number of nitrogens with one attached hydrogen (secondary N) is 1. The molecule has 2 aromatic rings. The zero-order valence-corrected chi connectivity index (χ0v) is 13.3. The van der Waals surface area contributed by atoms with Crippen molar-refractivity contribution in [3.63, 3.8) is 0 Å². The number of carbonyl (C=O) groups excluding carboxylic acids is 1. The van der Waals surface area contributed by atoms with Crippen LogP contribution >= 0.6 is 11.3 Å². The summed E-state index contributed by atoms with van der Waals surface area (Å²) in [6.45, 7) is 7.18. The van der Waals surface area contributed by atoms with E-state index in [0.717, 1.165) is 51.6 Å². The van der Waals surface area contributed by atoms with E-state index < -0.39 is 0 Å². The normalized spacial score (nSPS) is 18.3. The number of fused-ring (bicyclic) bond motifs is 1. The first-order chi connectivity index (χ1) is 10.1. The van der Waals surface area contributed by atoms with Gasteiger partial charge in [-0.15, -0.1) is 11.3 Å². The van der Waals surface area contributed by atoms with Crippen LogP contribution in [0.1, 0.15) is 39.6 Å². The second kappa shape index (κ2) is 5.69. The second-order valence-corrected chi connectivity index (χ2v) is 6.44. The average molecular weight is 305 g/mol. The molecular formula is C15H19N3O2S. The smallest absolute Gasteiger partial charge is 0.261 e. The van der Waals surface area contributed by atoms with Crippen LogP contribution in [-0.4, -0.2) is 35.1 Å². The molecule has 0 bridgehead atoms. The first kappa shape index (κ1) is 14.4. The summed E-state index contributed by atoms with van der Waals surface area (Å²) < 4.78 is 5.53. The van der Waals surface area contributed by atoms with Gasteiger partial charge in [-0.25, -0.2) is 9.97 Å². The molecule has 1 aliphatic rings. The van der Waals surface area contributed by atoms with Crippen molar-refractivity contribution in [2.75, 3.05) is 13.2 Å². The lowest BCUT2D eigenvalue weighted by atomic mass is 10.1. The Bertz CT molecular complexity index is 690. The number of hydrogen-bond acceptors (Lipinski definition) is 5. The summed E-state index contributed by atoms with van der Waals surface area (Å²) in [6, 6.07) is 0. The summed E-state index contributed by atoms with van der Waals surface area (Å²) >= 11 is 1.44. The molecule has 1 atom stereocenters. The molecule has 1 fully saturated rings. The van der Waals surface area contributed by atoms with Crippen molar-refractivity contribution in [1.29, 1.82) is 0 Å². The van der Waals surface area contributed by atoms with Crippen molar-refractivity contribution in [3.05, 3.63) is 22.0 Å². The maximum Gasteiger partial charge on any atom is 0.261 e. The van der Waals surface area contributed by atoms with E-state index in [1.54, 1.807) is 0 Å². The maximum atomic E-state index is 12.4. The van der Waals surface area contributed by atoms with Gasteiger partial charge in [0.1, 0.15) is 10.7 Å². The molecular weight excluding hydrogens is 286 g/mol. The molecule has 1 unspecified atom stereocenters. The summed E-state index contributed by atoms with van der Waals surface area (Å²) in [4.78, 5) is 22.8. The largest absolute Gasteiger partial charge is 0.376 e. The Kier molecular flexibility index (Phi) is 3.91. The van der Waals surface area contributed by atoms with Gasteiger partial charge in [-0.1, -0.05) is 0 Å². The Balaban J connectivity index is 1.84. The summed E-state index contributed by atoms with van der Waals surface area (Å²) in [6.07, 6.45) is 2.26. The summed E-state index contributed by atoms with van der Waals surface area (Å²) in [5.74, 6) is 0.704. The molecule has 0 radical (unpaired) electrons. The quantitative estimate of drug-likeness (QED) is 0.946.